The Balaban J connectivity index is 0.783. The third kappa shape index (κ3) is 10.7. The number of halogens is 1. The van der Waals surface area contributed by atoms with Crippen LogP contribution in [0.3, 0.4) is 0 Å². The van der Waals surface area contributed by atoms with E-state index in [1.807, 2.05) is 92.7 Å². The predicted octanol–water partition coefficient (Wildman–Crippen LogP) is 7.49. The topological polar surface area (TPSA) is 173 Å². The fourth-order valence-corrected chi connectivity index (χ4v) is 9.93. The summed E-state index contributed by atoms with van der Waals surface area (Å²) in [4.78, 5) is 65.0. The molecule has 2 aliphatic heterocycles. The molecule has 0 spiro atoms. The maximum atomic E-state index is 14.9. The molecule has 0 aliphatic carbocycles. The number of likely N-dealkylation sites (tertiary alicyclic amines) is 1. The van der Waals surface area contributed by atoms with Crippen molar-refractivity contribution in [2.45, 2.75) is 84.5 Å². The number of benzene rings is 4. The molecule has 4 aromatic carbocycles. The Labute approximate surface area is 399 Å². The lowest BCUT2D eigenvalue weighted by Gasteiger charge is -2.36. The quantitative estimate of drug-likeness (QED) is 0.0762. The zero-order valence-corrected chi connectivity index (χ0v) is 40.0. The molecule has 68 heavy (non-hydrogen) atoms. The number of anilines is 1. The molecule has 2 aromatic heterocycles. The summed E-state index contributed by atoms with van der Waals surface area (Å²) in [5.74, 6) is -0.950. The van der Waals surface area contributed by atoms with Gasteiger partial charge in [0.15, 0.2) is 0 Å². The minimum atomic E-state index is -0.928. The summed E-state index contributed by atoms with van der Waals surface area (Å²) in [7, 11) is 1.53. The molecule has 4 heterocycles. The van der Waals surface area contributed by atoms with Crippen LogP contribution in [-0.4, -0.2) is 112 Å². The number of nitrogens with one attached hydrogen (secondary N) is 3. The summed E-state index contributed by atoms with van der Waals surface area (Å²) in [6.45, 7) is 10.3. The monoisotopic (exact) mass is 942 g/mol. The van der Waals surface area contributed by atoms with Gasteiger partial charge >= 0.3 is 0 Å². The van der Waals surface area contributed by atoms with E-state index in [1.54, 1.807) is 23.5 Å². The van der Waals surface area contributed by atoms with Gasteiger partial charge in [0.2, 0.25) is 23.6 Å². The van der Waals surface area contributed by atoms with Gasteiger partial charge in [-0.05, 0) is 78.3 Å². The SMILES string of the molecule is COc1cccc(F)c1-c1ccc2[nH]nc(-c3ccc(N4CCN(C(=O)CCCCC(=O)N[C@H](C(=O)N5C[C@H](O)C[C@H]5C(=O)NCc5ccc(-c6scnc6C)cc5)C(C)(C)C)CC4)cc3)c2c1. The summed E-state index contributed by atoms with van der Waals surface area (Å²) >= 11 is 1.57. The number of hydrogen-bond acceptors (Lipinski definition) is 10. The van der Waals surface area contributed by atoms with E-state index in [4.69, 9.17) is 4.74 Å². The molecule has 0 unspecified atom stereocenters. The second-order valence-corrected chi connectivity index (χ2v) is 19.6. The Hall–Kier alpha value is -6.65. The van der Waals surface area contributed by atoms with Crippen molar-refractivity contribution >= 4 is 51.6 Å². The second kappa shape index (κ2) is 20.7. The van der Waals surface area contributed by atoms with E-state index >= 15 is 0 Å². The van der Waals surface area contributed by atoms with Crippen LogP contribution >= 0.6 is 11.3 Å². The van der Waals surface area contributed by atoms with E-state index in [0.29, 0.717) is 62.3 Å². The van der Waals surface area contributed by atoms with E-state index < -0.39 is 29.5 Å². The molecular formula is C52H59FN8O6S. The average Bonchev–Trinajstić information content (AvgIpc) is 4.08. The summed E-state index contributed by atoms with van der Waals surface area (Å²) in [5, 5.41) is 25.0. The van der Waals surface area contributed by atoms with Gasteiger partial charge in [-0.15, -0.1) is 11.3 Å². The molecule has 8 rings (SSSR count). The Morgan fingerprint density at radius 1 is 0.926 bits per heavy atom. The second-order valence-electron chi connectivity index (χ2n) is 18.7. The molecule has 0 radical (unpaired) electrons. The van der Waals surface area contributed by atoms with E-state index in [1.165, 1.54) is 18.1 Å². The van der Waals surface area contributed by atoms with Gasteiger partial charge in [0.25, 0.3) is 0 Å². The average molecular weight is 943 g/mol. The first kappa shape index (κ1) is 47.8. The smallest absolute Gasteiger partial charge is 0.246 e. The zero-order chi connectivity index (χ0) is 48.1. The van der Waals surface area contributed by atoms with Crippen molar-refractivity contribution in [1.29, 1.82) is 0 Å². The lowest BCUT2D eigenvalue weighted by atomic mass is 9.85. The number of rotatable bonds is 15. The maximum Gasteiger partial charge on any atom is 0.246 e. The van der Waals surface area contributed by atoms with E-state index in [2.05, 4.69) is 42.8 Å². The molecule has 2 fully saturated rings. The standard InChI is InChI=1S/C52H59FN8O6S/c1-32-48(68-31-55-32)35-15-13-33(14-16-35)29-54-50(65)42-28-38(62)30-61(42)51(66)49(52(2,3)4)56-44(63)11-6-7-12-45(64)60-25-23-59(24-26-60)37-20-17-34(18-21-37)47-39-27-36(19-22-41(39)57-58-47)46-40(53)9-8-10-43(46)67-5/h8-10,13-22,27,31,38,42,49,62H,6-7,11-12,23-26,28-30H2,1-5H3,(H,54,65)(H,56,63)(H,57,58)/t38-,42+,49-/m1/s1. The molecule has 0 saturated carbocycles. The first-order chi connectivity index (χ1) is 32.7. The first-order valence-corrected chi connectivity index (χ1v) is 24.1. The summed E-state index contributed by atoms with van der Waals surface area (Å²) in [5.41, 5.74) is 8.68. The lowest BCUT2D eigenvalue weighted by molar-refractivity contribution is -0.144. The molecule has 2 aliphatic rings. The van der Waals surface area contributed by atoms with Crippen molar-refractivity contribution in [3.63, 3.8) is 0 Å². The number of piperazine rings is 1. The number of nitrogens with zero attached hydrogens (tertiary/aromatic N) is 5. The van der Waals surface area contributed by atoms with E-state index in [9.17, 15) is 28.7 Å². The number of amides is 4. The minimum Gasteiger partial charge on any atom is -0.496 e. The molecule has 6 aromatic rings. The van der Waals surface area contributed by atoms with Crippen molar-refractivity contribution in [1.82, 2.24) is 35.6 Å². The highest BCUT2D eigenvalue weighted by molar-refractivity contribution is 7.13. The number of methoxy groups -OCH3 is 1. The number of β-amino-alcohol motifs (C(OH)–C–C–N with tert-alkyl or cyclic N) is 1. The van der Waals surface area contributed by atoms with Gasteiger partial charge in [-0.25, -0.2) is 9.37 Å². The molecule has 356 valence electrons. The Morgan fingerprint density at radius 2 is 1.63 bits per heavy atom. The van der Waals surface area contributed by atoms with Crippen LogP contribution in [0.2, 0.25) is 0 Å². The number of aromatic nitrogens is 3. The Kier molecular flexibility index (Phi) is 14.6. The summed E-state index contributed by atoms with van der Waals surface area (Å²) in [6.07, 6.45) is 0.675. The number of aromatic amines is 1. The molecule has 4 N–H and O–H groups in total. The number of fused-ring (bicyclic) bond motifs is 1. The third-order valence-electron chi connectivity index (χ3n) is 12.9. The number of hydrogen-bond donors (Lipinski definition) is 4. The van der Waals surface area contributed by atoms with Crippen LogP contribution in [0.25, 0.3) is 43.7 Å². The number of thiazole rings is 1. The third-order valence-corrected chi connectivity index (χ3v) is 13.9. The number of carbonyl (C=O) groups is 4. The highest BCUT2D eigenvalue weighted by Crippen LogP contribution is 2.37. The number of aliphatic hydroxyl groups excluding tert-OH is 1. The van der Waals surface area contributed by atoms with Gasteiger partial charge < -0.3 is 35.2 Å². The van der Waals surface area contributed by atoms with Crippen LogP contribution in [0.1, 0.15) is 64.1 Å². The normalized spacial score (nSPS) is 16.8. The molecule has 4 amide bonds. The van der Waals surface area contributed by atoms with Crippen LogP contribution < -0.4 is 20.3 Å². The molecule has 0 bridgehead atoms. The van der Waals surface area contributed by atoms with Crippen molar-refractivity contribution < 1.29 is 33.4 Å². The van der Waals surface area contributed by atoms with E-state index in [0.717, 1.165) is 49.5 Å². The number of aryl methyl sites for hydroxylation is 1. The van der Waals surface area contributed by atoms with Crippen LogP contribution in [0.15, 0.2) is 90.4 Å². The molecular weight excluding hydrogens is 884 g/mol. The van der Waals surface area contributed by atoms with Crippen molar-refractivity contribution in [3.8, 4) is 38.6 Å². The Bertz CT molecular complexity index is 2760. The van der Waals surface area contributed by atoms with Gasteiger partial charge in [0, 0.05) is 75.2 Å². The van der Waals surface area contributed by atoms with Gasteiger partial charge in [0.05, 0.1) is 46.1 Å². The van der Waals surface area contributed by atoms with E-state index in [-0.39, 0.29) is 49.5 Å². The summed E-state index contributed by atoms with van der Waals surface area (Å²) < 4.78 is 20.4. The predicted molar refractivity (Wildman–Crippen MR) is 262 cm³/mol. The van der Waals surface area contributed by atoms with Gasteiger partial charge in [-0.3, -0.25) is 24.3 Å². The maximum absolute atomic E-state index is 14.9. The zero-order valence-electron chi connectivity index (χ0n) is 39.2. The number of H-pyrrole nitrogens is 1. The highest BCUT2D eigenvalue weighted by atomic mass is 32.1. The minimum absolute atomic E-state index is 0.00725. The molecule has 16 heteroatoms. The molecule has 14 nitrogen and oxygen atoms in total. The van der Waals surface area contributed by atoms with Gasteiger partial charge in [-0.1, -0.05) is 69.3 Å². The number of ether oxygens (including phenoxy) is 1. The van der Waals surface area contributed by atoms with Crippen LogP contribution in [0.5, 0.6) is 5.75 Å². The van der Waals surface area contributed by atoms with Crippen molar-refractivity contribution in [3.05, 3.63) is 108 Å². The fourth-order valence-electron chi connectivity index (χ4n) is 9.12. The van der Waals surface area contributed by atoms with Gasteiger partial charge in [-0.2, -0.15) is 5.10 Å². The van der Waals surface area contributed by atoms with Crippen LogP contribution in [-0.2, 0) is 25.7 Å². The summed E-state index contributed by atoms with van der Waals surface area (Å²) in [6, 6.07) is 24.7. The number of unbranched alkanes of at least 4 members (excludes halogenated alkanes) is 1. The van der Waals surface area contributed by atoms with Crippen molar-refractivity contribution in [2.24, 2.45) is 5.41 Å². The molecule has 2 saturated heterocycles. The van der Waals surface area contributed by atoms with Crippen molar-refractivity contribution in [2.75, 3.05) is 44.7 Å². The number of aliphatic hydroxyl groups is 1. The fraction of sp³-hybridized carbons (Fsp3) is 0.385. The Morgan fingerprint density at radius 3 is 2.32 bits per heavy atom. The van der Waals surface area contributed by atoms with Gasteiger partial charge in [0.1, 0.15) is 23.7 Å². The largest absolute Gasteiger partial charge is 0.496 e. The first-order valence-electron chi connectivity index (χ1n) is 23.2. The lowest BCUT2D eigenvalue weighted by Crippen LogP contribution is -2.57. The van der Waals surface area contributed by atoms with Crippen LogP contribution in [0.4, 0.5) is 10.1 Å². The molecule has 3 atom stereocenters. The van der Waals surface area contributed by atoms with Crippen LogP contribution in [0, 0.1) is 18.2 Å². The number of carbonyl (C=O) groups excluding carboxylic acids is 4. The highest BCUT2D eigenvalue weighted by Gasteiger charge is 2.44.